The molecule has 0 aromatic heterocycles. The molecule has 1 aliphatic heterocycles. The number of piperazine rings is 1. The molecule has 1 heterocycles. The van der Waals surface area contributed by atoms with E-state index in [0.29, 0.717) is 26.2 Å². The second kappa shape index (κ2) is 7.97. The van der Waals surface area contributed by atoms with Gasteiger partial charge in [-0.1, -0.05) is 6.92 Å². The summed E-state index contributed by atoms with van der Waals surface area (Å²) < 4.78 is 0. The van der Waals surface area contributed by atoms with Crippen LogP contribution in [0.25, 0.3) is 0 Å². The van der Waals surface area contributed by atoms with Gasteiger partial charge in [-0.05, 0) is 13.3 Å². The van der Waals surface area contributed by atoms with Gasteiger partial charge in [-0.25, -0.2) is 0 Å². The number of carbonyl (C=O) groups excluding carboxylic acids is 2. The third kappa shape index (κ3) is 5.34. The average Bonchev–Trinajstić information content (AvgIpc) is 2.45. The number of carbonyl (C=O) groups is 3. The zero-order chi connectivity index (χ0) is 16.0. The molecule has 1 unspecified atom stereocenters. The molecule has 120 valence electrons. The van der Waals surface area contributed by atoms with Crippen molar-refractivity contribution in [1.82, 2.24) is 14.7 Å². The van der Waals surface area contributed by atoms with Gasteiger partial charge in [0.15, 0.2) is 0 Å². The van der Waals surface area contributed by atoms with Crippen LogP contribution in [0, 0.1) is 0 Å². The molecule has 2 amide bonds. The monoisotopic (exact) mass is 299 g/mol. The van der Waals surface area contributed by atoms with Crippen LogP contribution in [0.15, 0.2) is 0 Å². The van der Waals surface area contributed by atoms with Crippen LogP contribution in [-0.2, 0) is 14.4 Å². The highest BCUT2D eigenvalue weighted by atomic mass is 16.4. The quantitative estimate of drug-likeness (QED) is 0.738. The first-order valence-corrected chi connectivity index (χ1v) is 7.34. The summed E-state index contributed by atoms with van der Waals surface area (Å²) in [7, 11) is 0. The number of hydrogen-bond acceptors (Lipinski definition) is 4. The van der Waals surface area contributed by atoms with Crippen molar-refractivity contribution in [2.24, 2.45) is 0 Å². The summed E-state index contributed by atoms with van der Waals surface area (Å²) in [4.78, 5) is 39.5. The molecule has 0 saturated carbocycles. The molecule has 21 heavy (non-hydrogen) atoms. The van der Waals surface area contributed by atoms with E-state index in [-0.39, 0.29) is 30.9 Å². The normalized spacial score (nSPS) is 17.0. The number of carboxylic acid groups (broad SMARTS) is 1. The molecule has 1 atom stereocenters. The zero-order valence-electron chi connectivity index (χ0n) is 13.0. The molecular formula is C14H25N3O4. The number of carboxylic acids is 1. The van der Waals surface area contributed by atoms with Crippen LogP contribution in [0.1, 0.15) is 27.2 Å². The maximum absolute atomic E-state index is 12.3. The van der Waals surface area contributed by atoms with Crippen molar-refractivity contribution in [2.75, 3.05) is 39.3 Å². The maximum atomic E-state index is 12.3. The van der Waals surface area contributed by atoms with E-state index in [9.17, 15) is 14.4 Å². The molecule has 0 radical (unpaired) electrons. The van der Waals surface area contributed by atoms with Gasteiger partial charge in [-0.15, -0.1) is 0 Å². The Morgan fingerprint density at radius 1 is 1.10 bits per heavy atom. The van der Waals surface area contributed by atoms with E-state index in [4.69, 9.17) is 5.11 Å². The fourth-order valence-electron chi connectivity index (χ4n) is 2.34. The van der Waals surface area contributed by atoms with E-state index in [0.717, 1.165) is 6.42 Å². The van der Waals surface area contributed by atoms with Gasteiger partial charge in [0.05, 0.1) is 13.1 Å². The largest absolute Gasteiger partial charge is 0.480 e. The van der Waals surface area contributed by atoms with Crippen molar-refractivity contribution in [3.05, 3.63) is 0 Å². The Kier molecular flexibility index (Phi) is 6.61. The average molecular weight is 299 g/mol. The highest BCUT2D eigenvalue weighted by Crippen LogP contribution is 2.07. The smallest absolute Gasteiger partial charge is 0.317 e. The fourth-order valence-corrected chi connectivity index (χ4v) is 2.34. The topological polar surface area (TPSA) is 81.2 Å². The van der Waals surface area contributed by atoms with E-state index in [1.54, 1.807) is 14.7 Å². The second-order valence-electron chi connectivity index (χ2n) is 5.44. The lowest BCUT2D eigenvalue weighted by Crippen LogP contribution is -2.53. The fraction of sp³-hybridized carbons (Fsp3) is 0.786. The van der Waals surface area contributed by atoms with Crippen LogP contribution < -0.4 is 0 Å². The number of rotatable bonds is 6. The molecule has 7 heteroatoms. The first kappa shape index (κ1) is 17.4. The summed E-state index contributed by atoms with van der Waals surface area (Å²) in [5, 5.41) is 8.94. The number of hydrogen-bond donors (Lipinski definition) is 1. The summed E-state index contributed by atoms with van der Waals surface area (Å²) in [6, 6.07) is 0.0450. The first-order valence-electron chi connectivity index (χ1n) is 7.34. The molecule has 1 rings (SSSR count). The van der Waals surface area contributed by atoms with Gasteiger partial charge in [0, 0.05) is 39.1 Å². The van der Waals surface area contributed by atoms with E-state index in [1.807, 2.05) is 13.8 Å². The molecule has 1 aliphatic rings. The van der Waals surface area contributed by atoms with Crippen molar-refractivity contribution >= 4 is 17.8 Å². The van der Waals surface area contributed by atoms with Gasteiger partial charge in [0.2, 0.25) is 11.8 Å². The van der Waals surface area contributed by atoms with Crippen molar-refractivity contribution in [3.63, 3.8) is 0 Å². The Morgan fingerprint density at radius 3 is 2.05 bits per heavy atom. The molecule has 0 aromatic rings. The molecule has 7 nitrogen and oxygen atoms in total. The Balaban J connectivity index is 2.54. The number of nitrogens with zero attached hydrogens (tertiary/aromatic N) is 3. The number of aliphatic carboxylic acids is 1. The predicted molar refractivity (Wildman–Crippen MR) is 77.8 cm³/mol. The highest BCUT2D eigenvalue weighted by molar-refractivity contribution is 5.80. The van der Waals surface area contributed by atoms with Crippen molar-refractivity contribution in [1.29, 1.82) is 0 Å². The van der Waals surface area contributed by atoms with E-state index < -0.39 is 5.97 Å². The van der Waals surface area contributed by atoms with Crippen LogP contribution in [0.3, 0.4) is 0 Å². The zero-order valence-corrected chi connectivity index (χ0v) is 13.0. The van der Waals surface area contributed by atoms with Gasteiger partial charge in [0.25, 0.3) is 0 Å². The van der Waals surface area contributed by atoms with Crippen LogP contribution in [0.4, 0.5) is 0 Å². The standard InChI is InChI=1S/C14H25N3O4/c1-4-11(2)17(10-14(20)21)9-13(19)16-7-5-15(6-8-16)12(3)18/h11H,4-10H2,1-3H3,(H,20,21). The van der Waals surface area contributed by atoms with Crippen molar-refractivity contribution in [3.8, 4) is 0 Å². The van der Waals surface area contributed by atoms with Gasteiger partial charge in [-0.2, -0.15) is 0 Å². The molecule has 0 spiro atoms. The SMILES string of the molecule is CCC(C)N(CC(=O)O)CC(=O)N1CCN(C(C)=O)CC1. The Bertz CT molecular complexity index is 392. The second-order valence-corrected chi connectivity index (χ2v) is 5.44. The van der Waals surface area contributed by atoms with E-state index >= 15 is 0 Å². The van der Waals surface area contributed by atoms with Gasteiger partial charge >= 0.3 is 5.97 Å². The van der Waals surface area contributed by atoms with Crippen molar-refractivity contribution in [2.45, 2.75) is 33.2 Å². The van der Waals surface area contributed by atoms with E-state index in [2.05, 4.69) is 0 Å². The third-order valence-corrected chi connectivity index (χ3v) is 3.97. The predicted octanol–water partition coefficient (Wildman–Crippen LogP) is -0.138. The lowest BCUT2D eigenvalue weighted by Gasteiger charge is -2.36. The molecule has 0 bridgehead atoms. The summed E-state index contributed by atoms with van der Waals surface area (Å²) >= 11 is 0. The molecule has 0 aliphatic carbocycles. The molecule has 1 fully saturated rings. The Labute approximate surface area is 125 Å². The van der Waals surface area contributed by atoms with Crippen molar-refractivity contribution < 1.29 is 19.5 Å². The highest BCUT2D eigenvalue weighted by Gasteiger charge is 2.25. The minimum atomic E-state index is -0.926. The molecule has 0 aromatic carbocycles. The van der Waals surface area contributed by atoms with Crippen LogP contribution in [0.2, 0.25) is 0 Å². The van der Waals surface area contributed by atoms with Crippen LogP contribution >= 0.6 is 0 Å². The van der Waals surface area contributed by atoms with Crippen LogP contribution in [-0.4, -0.2) is 82.9 Å². The summed E-state index contributed by atoms with van der Waals surface area (Å²) in [5.41, 5.74) is 0. The van der Waals surface area contributed by atoms with Gasteiger partial charge < -0.3 is 14.9 Å². The third-order valence-electron chi connectivity index (χ3n) is 3.97. The lowest BCUT2D eigenvalue weighted by molar-refractivity contribution is -0.142. The van der Waals surface area contributed by atoms with Gasteiger partial charge in [-0.3, -0.25) is 19.3 Å². The first-order chi connectivity index (χ1) is 9.85. The summed E-state index contributed by atoms with van der Waals surface area (Å²) in [6.07, 6.45) is 0.790. The molecular weight excluding hydrogens is 274 g/mol. The summed E-state index contributed by atoms with van der Waals surface area (Å²) in [6.45, 7) is 7.51. The minimum Gasteiger partial charge on any atom is -0.480 e. The van der Waals surface area contributed by atoms with E-state index in [1.165, 1.54) is 6.92 Å². The maximum Gasteiger partial charge on any atom is 0.317 e. The lowest BCUT2D eigenvalue weighted by atomic mass is 10.2. The minimum absolute atomic E-state index is 0.0224. The van der Waals surface area contributed by atoms with Crippen LogP contribution in [0.5, 0.6) is 0 Å². The van der Waals surface area contributed by atoms with Gasteiger partial charge in [0.1, 0.15) is 0 Å². The molecule has 1 N–H and O–H groups in total. The Morgan fingerprint density at radius 2 is 1.62 bits per heavy atom. The molecule has 1 saturated heterocycles. The Hall–Kier alpha value is -1.63. The summed E-state index contributed by atoms with van der Waals surface area (Å²) in [5.74, 6) is -0.974. The number of amides is 2.